The van der Waals surface area contributed by atoms with Crippen molar-refractivity contribution in [2.24, 2.45) is 5.92 Å². The molecule has 0 saturated heterocycles. The van der Waals surface area contributed by atoms with E-state index in [-0.39, 0.29) is 17.7 Å². The third-order valence-electron chi connectivity index (χ3n) is 3.37. The zero-order chi connectivity index (χ0) is 13.9. The monoisotopic (exact) mass is 255 g/mol. The first-order valence-corrected chi connectivity index (χ1v) is 6.75. The number of nitrogens with zero attached hydrogens (tertiary/aromatic N) is 1. The number of amides is 1. The minimum atomic E-state index is -0.525. The number of carbonyl (C=O) groups excluding carboxylic acids is 2. The lowest BCUT2D eigenvalue weighted by atomic mass is 9.79. The Hall–Kier alpha value is -1.06. The van der Waals surface area contributed by atoms with Gasteiger partial charge in [-0.2, -0.15) is 0 Å². The predicted octanol–water partition coefficient (Wildman–Crippen LogP) is 3.00. The molecule has 0 aliphatic heterocycles. The molecule has 104 valence electrons. The normalized spacial score (nSPS) is 17.8. The summed E-state index contributed by atoms with van der Waals surface area (Å²) < 4.78 is 5.30. The van der Waals surface area contributed by atoms with Gasteiger partial charge in [-0.1, -0.05) is 13.3 Å². The molecule has 0 bridgehead atoms. The summed E-state index contributed by atoms with van der Waals surface area (Å²) in [6.07, 6.45) is 3.30. The van der Waals surface area contributed by atoms with Gasteiger partial charge in [0.25, 0.3) is 0 Å². The highest BCUT2D eigenvalue weighted by molar-refractivity contribution is 5.89. The van der Waals surface area contributed by atoms with Crippen LogP contribution in [0.2, 0.25) is 0 Å². The number of Topliss-reactive ketones (excluding diaryl/α,β-unsaturated/α-hetero) is 1. The first-order valence-electron chi connectivity index (χ1n) is 6.75. The molecule has 18 heavy (non-hydrogen) atoms. The number of ketones is 1. The summed E-state index contributed by atoms with van der Waals surface area (Å²) in [4.78, 5) is 25.6. The van der Waals surface area contributed by atoms with Gasteiger partial charge in [0.15, 0.2) is 5.78 Å². The first kappa shape index (κ1) is 15.0. The van der Waals surface area contributed by atoms with Crippen LogP contribution in [0.15, 0.2) is 0 Å². The molecule has 0 spiro atoms. The molecule has 0 heterocycles. The zero-order valence-electron chi connectivity index (χ0n) is 12.2. The summed E-state index contributed by atoms with van der Waals surface area (Å²) in [5.74, 6) is 0.344. The summed E-state index contributed by atoms with van der Waals surface area (Å²) >= 11 is 0. The van der Waals surface area contributed by atoms with Crippen molar-refractivity contribution in [1.29, 1.82) is 0 Å². The Labute approximate surface area is 110 Å². The number of rotatable bonds is 4. The second-order valence-electron chi connectivity index (χ2n) is 6.05. The molecule has 1 aliphatic rings. The van der Waals surface area contributed by atoms with Crippen molar-refractivity contribution >= 4 is 11.9 Å². The van der Waals surface area contributed by atoms with Gasteiger partial charge >= 0.3 is 6.09 Å². The molecule has 1 fully saturated rings. The third kappa shape index (κ3) is 3.72. The highest BCUT2D eigenvalue weighted by Gasteiger charge is 2.35. The van der Waals surface area contributed by atoms with Crippen LogP contribution in [0.4, 0.5) is 4.79 Å². The van der Waals surface area contributed by atoms with Crippen LogP contribution in [-0.4, -0.2) is 35.5 Å². The Morgan fingerprint density at radius 2 is 1.89 bits per heavy atom. The highest BCUT2D eigenvalue weighted by atomic mass is 16.6. The van der Waals surface area contributed by atoms with Crippen molar-refractivity contribution in [3.8, 4) is 0 Å². The van der Waals surface area contributed by atoms with E-state index in [9.17, 15) is 9.59 Å². The molecule has 0 aromatic carbocycles. The van der Waals surface area contributed by atoms with Crippen LogP contribution >= 0.6 is 0 Å². The van der Waals surface area contributed by atoms with Crippen molar-refractivity contribution in [3.63, 3.8) is 0 Å². The van der Waals surface area contributed by atoms with Crippen LogP contribution in [0.5, 0.6) is 0 Å². The fourth-order valence-corrected chi connectivity index (χ4v) is 2.09. The van der Waals surface area contributed by atoms with Crippen LogP contribution in [-0.2, 0) is 9.53 Å². The van der Waals surface area contributed by atoms with Crippen molar-refractivity contribution < 1.29 is 14.3 Å². The molecule has 0 radical (unpaired) electrons. The molecule has 1 rings (SSSR count). The number of likely N-dealkylation sites (N-methyl/N-ethyl adjacent to an activating group) is 1. The molecular formula is C14H25NO3. The number of hydrogen-bond donors (Lipinski definition) is 0. The zero-order valence-corrected chi connectivity index (χ0v) is 12.2. The van der Waals surface area contributed by atoms with Crippen LogP contribution in [0, 0.1) is 5.92 Å². The lowest BCUT2D eigenvalue weighted by Crippen LogP contribution is -2.47. The maximum atomic E-state index is 12.2. The van der Waals surface area contributed by atoms with Gasteiger partial charge in [-0.3, -0.25) is 4.79 Å². The topological polar surface area (TPSA) is 46.6 Å². The van der Waals surface area contributed by atoms with Gasteiger partial charge in [-0.15, -0.1) is 0 Å². The van der Waals surface area contributed by atoms with E-state index in [0.29, 0.717) is 6.42 Å². The summed E-state index contributed by atoms with van der Waals surface area (Å²) in [5, 5.41) is 0. The van der Waals surface area contributed by atoms with Crippen molar-refractivity contribution in [3.05, 3.63) is 0 Å². The predicted molar refractivity (Wildman–Crippen MR) is 70.4 cm³/mol. The fraction of sp³-hybridized carbons (Fsp3) is 0.857. The Morgan fingerprint density at radius 3 is 2.22 bits per heavy atom. The van der Waals surface area contributed by atoms with Gasteiger partial charge in [0.05, 0.1) is 6.04 Å². The standard InChI is InChI=1S/C14H25NO3/c1-6-11(12(16)10-8-7-9-10)15(5)13(17)18-14(2,3)4/h10-11H,6-9H2,1-5H3. The molecule has 1 aliphatic carbocycles. The maximum Gasteiger partial charge on any atom is 0.410 e. The summed E-state index contributed by atoms with van der Waals surface area (Å²) in [6, 6.07) is -0.342. The lowest BCUT2D eigenvalue weighted by molar-refractivity contribution is -0.130. The quantitative estimate of drug-likeness (QED) is 0.775. The van der Waals surface area contributed by atoms with Crippen LogP contribution in [0.25, 0.3) is 0 Å². The molecule has 1 amide bonds. The van der Waals surface area contributed by atoms with E-state index in [2.05, 4.69) is 0 Å². The molecule has 1 atom stereocenters. The first-order chi connectivity index (χ1) is 8.26. The van der Waals surface area contributed by atoms with E-state index in [1.807, 2.05) is 27.7 Å². The van der Waals surface area contributed by atoms with Gasteiger partial charge in [0, 0.05) is 13.0 Å². The average molecular weight is 255 g/mol. The van der Waals surface area contributed by atoms with Crippen LogP contribution in [0.3, 0.4) is 0 Å². The van der Waals surface area contributed by atoms with Gasteiger partial charge in [0.1, 0.15) is 5.60 Å². The van der Waals surface area contributed by atoms with Gasteiger partial charge in [0.2, 0.25) is 0 Å². The van der Waals surface area contributed by atoms with Crippen molar-refractivity contribution in [2.45, 2.75) is 65.0 Å². The second kappa shape index (κ2) is 5.72. The van der Waals surface area contributed by atoms with E-state index in [4.69, 9.17) is 4.74 Å². The summed E-state index contributed by atoms with van der Waals surface area (Å²) in [7, 11) is 1.65. The Balaban J connectivity index is 2.63. The molecule has 1 unspecified atom stereocenters. The third-order valence-corrected chi connectivity index (χ3v) is 3.37. The highest BCUT2D eigenvalue weighted by Crippen LogP contribution is 2.30. The molecule has 4 nitrogen and oxygen atoms in total. The Bertz CT molecular complexity index is 315. The largest absolute Gasteiger partial charge is 0.444 e. The van der Waals surface area contributed by atoms with E-state index < -0.39 is 11.7 Å². The van der Waals surface area contributed by atoms with E-state index >= 15 is 0 Å². The van der Waals surface area contributed by atoms with Crippen molar-refractivity contribution in [1.82, 2.24) is 4.90 Å². The molecular weight excluding hydrogens is 230 g/mol. The number of carbonyl (C=O) groups is 2. The van der Waals surface area contributed by atoms with E-state index in [1.165, 1.54) is 4.90 Å². The minimum absolute atomic E-state index is 0.153. The lowest BCUT2D eigenvalue weighted by Gasteiger charge is -2.33. The van der Waals surface area contributed by atoms with E-state index in [0.717, 1.165) is 19.3 Å². The Kier molecular flexibility index (Phi) is 4.77. The van der Waals surface area contributed by atoms with Crippen molar-refractivity contribution in [2.75, 3.05) is 7.05 Å². The summed E-state index contributed by atoms with van der Waals surface area (Å²) in [5.41, 5.74) is -0.525. The number of ether oxygens (including phenoxy) is 1. The molecule has 1 saturated carbocycles. The smallest absolute Gasteiger partial charge is 0.410 e. The summed E-state index contributed by atoms with van der Waals surface area (Å²) in [6.45, 7) is 7.41. The average Bonchev–Trinajstić information content (AvgIpc) is 2.12. The molecule has 0 N–H and O–H groups in total. The molecule has 0 aromatic rings. The second-order valence-corrected chi connectivity index (χ2v) is 6.05. The van der Waals surface area contributed by atoms with Crippen LogP contribution in [0.1, 0.15) is 53.4 Å². The fourth-order valence-electron chi connectivity index (χ4n) is 2.09. The van der Waals surface area contributed by atoms with E-state index in [1.54, 1.807) is 7.05 Å². The Morgan fingerprint density at radius 1 is 1.33 bits per heavy atom. The van der Waals surface area contributed by atoms with Gasteiger partial charge < -0.3 is 9.64 Å². The SMILES string of the molecule is CCC(C(=O)C1CCC1)N(C)C(=O)OC(C)(C)C. The maximum absolute atomic E-state index is 12.2. The molecule has 0 aromatic heterocycles. The minimum Gasteiger partial charge on any atom is -0.444 e. The van der Waals surface area contributed by atoms with Crippen LogP contribution < -0.4 is 0 Å². The number of hydrogen-bond acceptors (Lipinski definition) is 3. The van der Waals surface area contributed by atoms with Gasteiger partial charge in [-0.05, 0) is 40.0 Å². The molecule has 4 heteroatoms. The van der Waals surface area contributed by atoms with Gasteiger partial charge in [-0.25, -0.2) is 4.79 Å².